The van der Waals surface area contributed by atoms with Crippen LogP contribution in [0.1, 0.15) is 51.0 Å². The van der Waals surface area contributed by atoms with Crippen LogP contribution in [-0.4, -0.2) is 16.9 Å². The molecule has 14 heavy (non-hydrogen) atoms. The smallest absolute Gasteiger partial charge is 0.0902 e. The Morgan fingerprint density at radius 2 is 2.00 bits per heavy atom. The van der Waals surface area contributed by atoms with Gasteiger partial charge < -0.3 is 4.74 Å². The molecule has 0 N–H and O–H groups in total. The van der Waals surface area contributed by atoms with Gasteiger partial charge >= 0.3 is 0 Å². The fourth-order valence-electron chi connectivity index (χ4n) is 1.53. The van der Waals surface area contributed by atoms with Crippen LogP contribution in [-0.2, 0) is 11.3 Å². The molecule has 1 rings (SSSR count). The Bertz CT molecular complexity index is 264. The number of methoxy groups -OCH3 is 1. The molecule has 0 saturated heterocycles. The second-order valence-corrected chi connectivity index (χ2v) is 4.19. The quantitative estimate of drug-likeness (QED) is 0.740. The van der Waals surface area contributed by atoms with Gasteiger partial charge in [-0.15, -0.1) is 0 Å². The maximum Gasteiger partial charge on any atom is 0.0902 e. The van der Waals surface area contributed by atoms with E-state index in [0.717, 1.165) is 5.69 Å². The van der Waals surface area contributed by atoms with Gasteiger partial charge in [-0.05, 0) is 25.8 Å². The number of hydrogen-bond donors (Lipinski definition) is 0. The zero-order valence-electron chi connectivity index (χ0n) is 9.74. The van der Waals surface area contributed by atoms with E-state index in [9.17, 15) is 0 Å². The van der Waals surface area contributed by atoms with Crippen LogP contribution in [0.4, 0.5) is 0 Å². The summed E-state index contributed by atoms with van der Waals surface area (Å²) in [5.41, 5.74) is 2.30. The molecule has 0 spiro atoms. The van der Waals surface area contributed by atoms with E-state index in [-0.39, 0.29) is 0 Å². The fourth-order valence-corrected chi connectivity index (χ4v) is 1.53. The van der Waals surface area contributed by atoms with Crippen LogP contribution < -0.4 is 0 Å². The van der Waals surface area contributed by atoms with Crippen molar-refractivity contribution < 1.29 is 4.74 Å². The van der Waals surface area contributed by atoms with Gasteiger partial charge in [0.25, 0.3) is 0 Å². The number of hydrogen-bond acceptors (Lipinski definition) is 2. The van der Waals surface area contributed by atoms with Crippen molar-refractivity contribution in [3.05, 3.63) is 17.5 Å². The van der Waals surface area contributed by atoms with Gasteiger partial charge in [0, 0.05) is 18.8 Å². The average Bonchev–Trinajstić information content (AvgIpc) is 2.49. The van der Waals surface area contributed by atoms with Gasteiger partial charge in [-0.1, -0.05) is 13.8 Å². The van der Waals surface area contributed by atoms with Crippen LogP contribution in [0.5, 0.6) is 0 Å². The van der Waals surface area contributed by atoms with Crippen molar-refractivity contribution in [3.8, 4) is 0 Å². The SMILES string of the molecule is COCc1cc(C(C)C)n(C(C)C)n1. The highest BCUT2D eigenvalue weighted by molar-refractivity contribution is 5.13. The van der Waals surface area contributed by atoms with Crippen molar-refractivity contribution in [1.82, 2.24) is 9.78 Å². The molecule has 0 aliphatic heterocycles. The zero-order chi connectivity index (χ0) is 10.7. The average molecular weight is 196 g/mol. The molecule has 0 amide bonds. The highest BCUT2D eigenvalue weighted by Crippen LogP contribution is 2.19. The lowest BCUT2D eigenvalue weighted by Crippen LogP contribution is -2.08. The number of ether oxygens (including phenoxy) is 1. The summed E-state index contributed by atoms with van der Waals surface area (Å²) in [6, 6.07) is 2.55. The zero-order valence-corrected chi connectivity index (χ0v) is 9.74. The van der Waals surface area contributed by atoms with E-state index in [1.807, 2.05) is 0 Å². The van der Waals surface area contributed by atoms with Crippen molar-refractivity contribution in [3.63, 3.8) is 0 Å². The van der Waals surface area contributed by atoms with Gasteiger partial charge in [-0.2, -0.15) is 5.10 Å². The molecule has 1 heterocycles. The number of aromatic nitrogens is 2. The third kappa shape index (κ3) is 2.35. The van der Waals surface area contributed by atoms with E-state index in [4.69, 9.17) is 4.74 Å². The van der Waals surface area contributed by atoms with Crippen LogP contribution in [0.2, 0.25) is 0 Å². The number of rotatable bonds is 4. The summed E-state index contributed by atoms with van der Waals surface area (Å²) in [5.74, 6) is 0.510. The van der Waals surface area contributed by atoms with Crippen LogP contribution in [0, 0.1) is 0 Å². The highest BCUT2D eigenvalue weighted by atomic mass is 16.5. The molecule has 1 aromatic rings. The lowest BCUT2D eigenvalue weighted by atomic mass is 10.1. The Balaban J connectivity index is 3.00. The predicted molar refractivity (Wildman–Crippen MR) is 57.4 cm³/mol. The van der Waals surface area contributed by atoms with Crippen LogP contribution >= 0.6 is 0 Å². The molecule has 0 unspecified atom stereocenters. The highest BCUT2D eigenvalue weighted by Gasteiger charge is 2.12. The Morgan fingerprint density at radius 1 is 1.36 bits per heavy atom. The first-order valence-corrected chi connectivity index (χ1v) is 5.13. The lowest BCUT2D eigenvalue weighted by Gasteiger charge is -2.12. The minimum Gasteiger partial charge on any atom is -0.378 e. The molecule has 3 heteroatoms. The molecule has 3 nitrogen and oxygen atoms in total. The third-order valence-electron chi connectivity index (χ3n) is 2.19. The monoisotopic (exact) mass is 196 g/mol. The fraction of sp³-hybridized carbons (Fsp3) is 0.727. The second kappa shape index (κ2) is 4.60. The summed E-state index contributed by atoms with van der Waals surface area (Å²) in [5, 5.41) is 4.51. The molecule has 0 radical (unpaired) electrons. The Labute approximate surface area is 86.1 Å². The standard InChI is InChI=1S/C11H20N2O/c1-8(2)11-6-10(7-14-5)12-13(11)9(3)4/h6,8-9H,7H2,1-5H3. The first-order chi connectivity index (χ1) is 6.56. The van der Waals surface area contributed by atoms with Crippen molar-refractivity contribution in [1.29, 1.82) is 0 Å². The first-order valence-electron chi connectivity index (χ1n) is 5.13. The van der Waals surface area contributed by atoms with E-state index in [2.05, 4.69) is 43.5 Å². The second-order valence-electron chi connectivity index (χ2n) is 4.19. The predicted octanol–water partition coefficient (Wildman–Crippen LogP) is 2.73. The summed E-state index contributed by atoms with van der Waals surface area (Å²) in [6.07, 6.45) is 0. The van der Waals surface area contributed by atoms with E-state index >= 15 is 0 Å². The van der Waals surface area contributed by atoms with Gasteiger partial charge in [0.15, 0.2) is 0 Å². The van der Waals surface area contributed by atoms with Crippen LogP contribution in [0.25, 0.3) is 0 Å². The third-order valence-corrected chi connectivity index (χ3v) is 2.19. The first kappa shape index (κ1) is 11.2. The molecule has 0 fully saturated rings. The molecular formula is C11H20N2O. The largest absolute Gasteiger partial charge is 0.378 e. The Morgan fingerprint density at radius 3 is 2.36 bits per heavy atom. The van der Waals surface area contributed by atoms with E-state index < -0.39 is 0 Å². The molecule has 1 aromatic heterocycles. The van der Waals surface area contributed by atoms with E-state index in [0.29, 0.717) is 18.6 Å². The van der Waals surface area contributed by atoms with Crippen LogP contribution in [0.3, 0.4) is 0 Å². The lowest BCUT2D eigenvalue weighted by molar-refractivity contribution is 0.180. The molecule has 80 valence electrons. The van der Waals surface area contributed by atoms with E-state index in [1.165, 1.54) is 5.69 Å². The molecule has 0 bridgehead atoms. The summed E-state index contributed by atoms with van der Waals surface area (Å²) >= 11 is 0. The molecule has 0 saturated carbocycles. The van der Waals surface area contributed by atoms with Crippen molar-refractivity contribution >= 4 is 0 Å². The minimum absolute atomic E-state index is 0.415. The Hall–Kier alpha value is -0.830. The molecule has 0 aliphatic carbocycles. The van der Waals surface area contributed by atoms with Gasteiger partial charge in [0.2, 0.25) is 0 Å². The van der Waals surface area contributed by atoms with Crippen molar-refractivity contribution in [2.24, 2.45) is 0 Å². The van der Waals surface area contributed by atoms with Crippen molar-refractivity contribution in [2.75, 3.05) is 7.11 Å². The summed E-state index contributed by atoms with van der Waals surface area (Å²) < 4.78 is 7.16. The summed E-state index contributed by atoms with van der Waals surface area (Å²) in [6.45, 7) is 9.27. The van der Waals surface area contributed by atoms with Gasteiger partial charge in [-0.25, -0.2) is 0 Å². The minimum atomic E-state index is 0.415. The van der Waals surface area contributed by atoms with E-state index in [1.54, 1.807) is 7.11 Å². The molecule has 0 aromatic carbocycles. The summed E-state index contributed by atoms with van der Waals surface area (Å²) in [7, 11) is 1.70. The molecule has 0 atom stereocenters. The Kier molecular flexibility index (Phi) is 3.69. The maximum atomic E-state index is 5.08. The molecule has 0 aliphatic rings. The van der Waals surface area contributed by atoms with Gasteiger partial charge in [-0.3, -0.25) is 4.68 Å². The summed E-state index contributed by atoms with van der Waals surface area (Å²) in [4.78, 5) is 0. The number of nitrogens with zero attached hydrogens (tertiary/aromatic N) is 2. The van der Waals surface area contributed by atoms with Crippen LogP contribution in [0.15, 0.2) is 6.07 Å². The topological polar surface area (TPSA) is 27.1 Å². The van der Waals surface area contributed by atoms with Crippen molar-refractivity contribution in [2.45, 2.75) is 46.3 Å². The molecular weight excluding hydrogens is 176 g/mol. The normalized spacial score (nSPS) is 11.6. The maximum absolute atomic E-state index is 5.08. The van der Waals surface area contributed by atoms with Gasteiger partial charge in [0.05, 0.1) is 12.3 Å². The van der Waals surface area contributed by atoms with Gasteiger partial charge in [0.1, 0.15) is 0 Å².